The minimum atomic E-state index is -4.88. The molecule has 2 unspecified atom stereocenters. The van der Waals surface area contributed by atoms with Crippen LogP contribution in [-0.4, -0.2) is 52.8 Å². The number of alkyl halides is 3. The van der Waals surface area contributed by atoms with Gasteiger partial charge in [0.1, 0.15) is 17.9 Å². The summed E-state index contributed by atoms with van der Waals surface area (Å²) in [5.41, 5.74) is -2.36. The quantitative estimate of drug-likeness (QED) is 0.426. The van der Waals surface area contributed by atoms with Crippen molar-refractivity contribution in [2.24, 2.45) is 0 Å². The molecule has 13 heteroatoms. The van der Waals surface area contributed by atoms with Gasteiger partial charge in [-0.05, 0) is 37.6 Å². The van der Waals surface area contributed by atoms with Gasteiger partial charge in [0.05, 0.1) is 32.1 Å². The van der Waals surface area contributed by atoms with Gasteiger partial charge in [-0.15, -0.1) is 0 Å². The van der Waals surface area contributed by atoms with E-state index in [0.29, 0.717) is 23.0 Å². The van der Waals surface area contributed by atoms with E-state index in [0.717, 1.165) is 30.4 Å². The van der Waals surface area contributed by atoms with Crippen LogP contribution in [0.25, 0.3) is 0 Å². The molecule has 0 amide bonds. The lowest BCUT2D eigenvalue weighted by Gasteiger charge is -2.19. The van der Waals surface area contributed by atoms with Crippen LogP contribution in [0.1, 0.15) is 42.1 Å². The lowest BCUT2D eigenvalue weighted by atomic mass is 10.1. The summed E-state index contributed by atoms with van der Waals surface area (Å²) in [6, 6.07) is 6.06. The number of anilines is 1. The van der Waals surface area contributed by atoms with Crippen molar-refractivity contribution in [3.05, 3.63) is 63.7 Å². The topological polar surface area (TPSA) is 116 Å². The van der Waals surface area contributed by atoms with Gasteiger partial charge in [0.2, 0.25) is 0 Å². The molecule has 2 N–H and O–H groups in total. The number of nitrogens with one attached hydrogen (secondary N) is 2. The maximum atomic E-state index is 13.8. The van der Waals surface area contributed by atoms with E-state index < -0.39 is 29.0 Å². The van der Waals surface area contributed by atoms with Gasteiger partial charge in [-0.1, -0.05) is 17.3 Å². The second-order valence-electron chi connectivity index (χ2n) is 8.54. The van der Waals surface area contributed by atoms with Crippen LogP contribution in [0.15, 0.2) is 39.8 Å². The summed E-state index contributed by atoms with van der Waals surface area (Å²) in [5, 5.41) is 13.8. The minimum Gasteiger partial charge on any atom is -0.497 e. The number of rotatable bonds is 10. The zero-order valence-corrected chi connectivity index (χ0v) is 19.8. The first-order valence-corrected chi connectivity index (χ1v) is 11.4. The number of halogens is 3. The number of methoxy groups -OCH3 is 1. The lowest BCUT2D eigenvalue weighted by molar-refractivity contribution is -0.138. The molecule has 1 aliphatic rings. The fraction of sp³-hybridized carbons (Fsp3) is 0.478. The van der Waals surface area contributed by atoms with Gasteiger partial charge in [0.25, 0.3) is 11.4 Å². The van der Waals surface area contributed by atoms with Crippen molar-refractivity contribution < 1.29 is 27.2 Å². The number of hydrogen-bond acceptors (Lipinski definition) is 9. The Labute approximate surface area is 204 Å². The standard InChI is InChI=1S/C23H27F3N6O4/c1-14(12-35-13-19-30-21(31-36-19)16-7-8-27-9-16)29-18-10-28-32(22(33)20(18)23(24,25)26)11-15-3-5-17(34-2)6-4-15/h3-6,10,14,16,27,29H,7-9,11-13H2,1-2H3. The monoisotopic (exact) mass is 508 g/mol. The van der Waals surface area contributed by atoms with Gasteiger partial charge in [-0.3, -0.25) is 4.79 Å². The predicted octanol–water partition coefficient (Wildman–Crippen LogP) is 2.80. The van der Waals surface area contributed by atoms with Crippen LogP contribution >= 0.6 is 0 Å². The van der Waals surface area contributed by atoms with Crippen molar-refractivity contribution in [1.82, 2.24) is 25.2 Å². The maximum Gasteiger partial charge on any atom is 0.423 e. The van der Waals surface area contributed by atoms with E-state index in [-0.39, 0.29) is 25.7 Å². The number of benzene rings is 1. The average Bonchev–Trinajstić information content (AvgIpc) is 3.53. The molecule has 3 heterocycles. The third-order valence-electron chi connectivity index (χ3n) is 5.72. The summed E-state index contributed by atoms with van der Waals surface area (Å²) < 4.78 is 58.0. The Balaban J connectivity index is 1.39. The molecule has 0 radical (unpaired) electrons. The molecule has 194 valence electrons. The summed E-state index contributed by atoms with van der Waals surface area (Å²) in [6.07, 6.45) is -2.95. The Morgan fingerprint density at radius 2 is 2.08 bits per heavy atom. The van der Waals surface area contributed by atoms with Gasteiger partial charge in [-0.2, -0.15) is 23.3 Å². The fourth-order valence-corrected chi connectivity index (χ4v) is 3.89. The molecule has 0 saturated carbocycles. The van der Waals surface area contributed by atoms with Gasteiger partial charge >= 0.3 is 6.18 Å². The molecular weight excluding hydrogens is 481 g/mol. The van der Waals surface area contributed by atoms with Crippen molar-refractivity contribution in [3.63, 3.8) is 0 Å². The van der Waals surface area contributed by atoms with Crippen LogP contribution in [0.4, 0.5) is 18.9 Å². The Morgan fingerprint density at radius 3 is 2.75 bits per heavy atom. The second kappa shape index (κ2) is 11.1. The smallest absolute Gasteiger partial charge is 0.423 e. The first-order chi connectivity index (χ1) is 17.2. The number of hydrogen-bond donors (Lipinski definition) is 2. The van der Waals surface area contributed by atoms with E-state index in [9.17, 15) is 18.0 Å². The number of nitrogens with zero attached hydrogens (tertiary/aromatic N) is 4. The Hall–Kier alpha value is -3.45. The van der Waals surface area contributed by atoms with Crippen molar-refractivity contribution in [2.75, 3.05) is 32.1 Å². The molecule has 1 saturated heterocycles. The van der Waals surface area contributed by atoms with Gasteiger partial charge in [0, 0.05) is 18.5 Å². The van der Waals surface area contributed by atoms with Crippen LogP contribution < -0.4 is 20.9 Å². The van der Waals surface area contributed by atoms with E-state index in [4.69, 9.17) is 14.0 Å². The lowest BCUT2D eigenvalue weighted by Crippen LogP contribution is -2.34. The van der Waals surface area contributed by atoms with Crippen molar-refractivity contribution in [3.8, 4) is 5.75 Å². The average molecular weight is 509 g/mol. The summed E-state index contributed by atoms with van der Waals surface area (Å²) in [4.78, 5) is 17.0. The molecule has 1 fully saturated rings. The van der Waals surface area contributed by atoms with Gasteiger partial charge in [-0.25, -0.2) is 4.68 Å². The van der Waals surface area contributed by atoms with E-state index in [1.807, 2.05) is 0 Å². The Morgan fingerprint density at radius 1 is 1.31 bits per heavy atom. The second-order valence-corrected chi connectivity index (χ2v) is 8.54. The highest BCUT2D eigenvalue weighted by molar-refractivity contribution is 5.50. The Bertz CT molecular complexity index is 1210. The largest absolute Gasteiger partial charge is 0.497 e. The molecule has 2 atom stereocenters. The third kappa shape index (κ3) is 6.21. The van der Waals surface area contributed by atoms with E-state index in [1.54, 1.807) is 31.2 Å². The normalized spacial score (nSPS) is 16.8. The zero-order chi connectivity index (χ0) is 25.7. The first kappa shape index (κ1) is 25.6. The van der Waals surface area contributed by atoms with Crippen molar-refractivity contribution >= 4 is 5.69 Å². The fourth-order valence-electron chi connectivity index (χ4n) is 3.89. The van der Waals surface area contributed by atoms with E-state index in [1.165, 1.54) is 7.11 Å². The summed E-state index contributed by atoms with van der Waals surface area (Å²) in [5.74, 6) is 1.70. The predicted molar refractivity (Wildman–Crippen MR) is 123 cm³/mol. The molecular formula is C23H27F3N6O4. The molecule has 36 heavy (non-hydrogen) atoms. The molecule has 2 aromatic heterocycles. The summed E-state index contributed by atoms with van der Waals surface area (Å²) in [6.45, 7) is 3.26. The molecule has 1 aromatic carbocycles. The zero-order valence-electron chi connectivity index (χ0n) is 19.8. The SMILES string of the molecule is COc1ccc(Cn2ncc(NC(C)COCc3nc(C4CCNC4)no3)c(C(F)(F)F)c2=O)cc1. The Kier molecular flexibility index (Phi) is 7.89. The number of aromatic nitrogens is 4. The van der Waals surface area contributed by atoms with Crippen LogP contribution in [0.3, 0.4) is 0 Å². The highest BCUT2D eigenvalue weighted by Crippen LogP contribution is 2.32. The van der Waals surface area contributed by atoms with Crippen LogP contribution in [0.2, 0.25) is 0 Å². The van der Waals surface area contributed by atoms with Crippen molar-refractivity contribution in [1.29, 1.82) is 0 Å². The number of ether oxygens (including phenoxy) is 2. The molecule has 3 aromatic rings. The van der Waals surface area contributed by atoms with Crippen LogP contribution in [0, 0.1) is 0 Å². The van der Waals surface area contributed by atoms with Gasteiger partial charge < -0.3 is 24.6 Å². The minimum absolute atomic E-state index is 0.0208. The van der Waals surface area contributed by atoms with E-state index >= 15 is 0 Å². The van der Waals surface area contributed by atoms with E-state index in [2.05, 4.69) is 25.9 Å². The van der Waals surface area contributed by atoms with Gasteiger partial charge in [0.15, 0.2) is 5.82 Å². The van der Waals surface area contributed by atoms with Crippen molar-refractivity contribution in [2.45, 2.75) is 44.6 Å². The summed E-state index contributed by atoms with van der Waals surface area (Å²) >= 11 is 0. The van der Waals surface area contributed by atoms with Crippen LogP contribution in [0.5, 0.6) is 5.75 Å². The molecule has 1 aliphatic heterocycles. The van der Waals surface area contributed by atoms with Crippen LogP contribution in [-0.2, 0) is 24.1 Å². The molecule has 0 aliphatic carbocycles. The highest BCUT2D eigenvalue weighted by atomic mass is 19.4. The summed E-state index contributed by atoms with van der Waals surface area (Å²) in [7, 11) is 1.50. The third-order valence-corrected chi connectivity index (χ3v) is 5.72. The molecule has 10 nitrogen and oxygen atoms in total. The highest BCUT2D eigenvalue weighted by Gasteiger charge is 2.38. The first-order valence-electron chi connectivity index (χ1n) is 11.4. The maximum absolute atomic E-state index is 13.8. The molecule has 0 spiro atoms. The molecule has 4 rings (SSSR count). The molecule has 0 bridgehead atoms.